The van der Waals surface area contributed by atoms with Gasteiger partial charge in [0, 0.05) is 19.3 Å². The van der Waals surface area contributed by atoms with E-state index in [1.54, 1.807) is 37.3 Å². The number of para-hydroxylation sites is 1. The highest BCUT2D eigenvalue weighted by molar-refractivity contribution is 6.36. The quantitative estimate of drug-likeness (QED) is 0.690. The molecule has 0 bridgehead atoms. The Labute approximate surface area is 165 Å². The molecule has 2 amide bonds. The third-order valence-corrected chi connectivity index (χ3v) is 4.74. The first-order chi connectivity index (χ1) is 13.5. The predicted molar refractivity (Wildman–Crippen MR) is 108 cm³/mol. The highest BCUT2D eigenvalue weighted by Gasteiger charge is 2.40. The molecule has 0 saturated heterocycles. The molecule has 1 aliphatic rings. The van der Waals surface area contributed by atoms with Crippen LogP contribution in [0, 0.1) is 0 Å². The number of methoxy groups -OCH3 is 2. The smallest absolute Gasteiger partial charge is 0.278 e. The number of carbonyl (C=O) groups excluding carboxylic acids is 2. The van der Waals surface area contributed by atoms with Gasteiger partial charge >= 0.3 is 0 Å². The molecule has 0 N–H and O–H groups in total. The van der Waals surface area contributed by atoms with Crippen molar-refractivity contribution >= 4 is 23.1 Å². The van der Waals surface area contributed by atoms with Gasteiger partial charge in [-0.1, -0.05) is 31.2 Å². The van der Waals surface area contributed by atoms with Gasteiger partial charge in [-0.25, -0.2) is 0 Å². The summed E-state index contributed by atoms with van der Waals surface area (Å²) in [6, 6.07) is 14.7. The van der Waals surface area contributed by atoms with Crippen molar-refractivity contribution in [3.63, 3.8) is 0 Å². The van der Waals surface area contributed by atoms with Crippen molar-refractivity contribution in [2.24, 2.45) is 0 Å². The summed E-state index contributed by atoms with van der Waals surface area (Å²) in [5.41, 5.74) is 2.17. The van der Waals surface area contributed by atoms with Crippen molar-refractivity contribution in [3.8, 4) is 11.5 Å². The lowest BCUT2D eigenvalue weighted by Gasteiger charge is -2.21. The molecule has 0 spiro atoms. The maximum atomic E-state index is 13.2. The lowest BCUT2D eigenvalue weighted by Crippen LogP contribution is -2.34. The summed E-state index contributed by atoms with van der Waals surface area (Å²) in [7, 11) is 4.89. The van der Waals surface area contributed by atoms with E-state index in [-0.39, 0.29) is 11.8 Å². The van der Waals surface area contributed by atoms with Crippen LogP contribution in [0.4, 0.5) is 5.69 Å². The minimum Gasteiger partial charge on any atom is -0.493 e. The van der Waals surface area contributed by atoms with Crippen LogP contribution < -0.4 is 14.4 Å². The van der Waals surface area contributed by atoms with Gasteiger partial charge in [0.1, 0.15) is 5.70 Å². The van der Waals surface area contributed by atoms with E-state index in [1.807, 2.05) is 37.3 Å². The third-order valence-electron chi connectivity index (χ3n) is 4.74. The summed E-state index contributed by atoms with van der Waals surface area (Å²) < 4.78 is 10.7. The van der Waals surface area contributed by atoms with E-state index in [0.29, 0.717) is 41.3 Å². The minimum absolute atomic E-state index is 0.289. The van der Waals surface area contributed by atoms with E-state index in [9.17, 15) is 9.59 Å². The van der Waals surface area contributed by atoms with E-state index < -0.39 is 0 Å². The molecule has 0 fully saturated rings. The van der Waals surface area contributed by atoms with Crippen molar-refractivity contribution in [1.29, 1.82) is 0 Å². The molecule has 146 valence electrons. The van der Waals surface area contributed by atoms with Gasteiger partial charge in [0.2, 0.25) is 0 Å². The Balaban J connectivity index is 2.17. The number of benzene rings is 2. The molecule has 6 nitrogen and oxygen atoms in total. The molecule has 1 heterocycles. The maximum absolute atomic E-state index is 13.2. The van der Waals surface area contributed by atoms with Crippen molar-refractivity contribution in [3.05, 3.63) is 59.8 Å². The molecule has 0 aliphatic carbocycles. The van der Waals surface area contributed by atoms with Gasteiger partial charge < -0.3 is 14.4 Å². The van der Waals surface area contributed by atoms with E-state index in [2.05, 4.69) is 0 Å². The topological polar surface area (TPSA) is 59.1 Å². The second-order valence-electron chi connectivity index (χ2n) is 6.45. The van der Waals surface area contributed by atoms with E-state index in [0.717, 1.165) is 5.69 Å². The van der Waals surface area contributed by atoms with Gasteiger partial charge in [-0.15, -0.1) is 0 Å². The second kappa shape index (κ2) is 8.17. The standard InChI is InChI=1S/C22H24N2O4/c1-5-13-24-21(25)19(15-11-12-17(27-3)18(14-15)28-4)20(22(24)26)23(2)16-9-7-6-8-10-16/h6-12,14H,5,13H2,1-4H3. The number of likely N-dealkylation sites (N-methyl/N-ethyl adjacent to an activating group) is 1. The van der Waals surface area contributed by atoms with Crippen LogP contribution in [0.25, 0.3) is 5.57 Å². The average Bonchev–Trinajstić information content (AvgIpc) is 2.98. The van der Waals surface area contributed by atoms with Crippen molar-refractivity contribution < 1.29 is 19.1 Å². The molecule has 2 aromatic rings. The van der Waals surface area contributed by atoms with Crippen LogP contribution in [0.1, 0.15) is 18.9 Å². The minimum atomic E-state index is -0.295. The van der Waals surface area contributed by atoms with Crippen LogP contribution >= 0.6 is 0 Å². The Morgan fingerprint density at radius 2 is 1.61 bits per heavy atom. The van der Waals surface area contributed by atoms with Crippen LogP contribution in [0.3, 0.4) is 0 Å². The SMILES string of the molecule is CCCN1C(=O)C(c2ccc(OC)c(OC)c2)=C(N(C)c2ccccc2)C1=O. The van der Waals surface area contributed by atoms with E-state index in [4.69, 9.17) is 9.47 Å². The van der Waals surface area contributed by atoms with Gasteiger partial charge in [0.05, 0.1) is 19.8 Å². The fraction of sp³-hybridized carbons (Fsp3) is 0.273. The van der Waals surface area contributed by atoms with Crippen molar-refractivity contribution in [1.82, 2.24) is 4.90 Å². The summed E-state index contributed by atoms with van der Waals surface area (Å²) in [5.74, 6) is 0.482. The molecule has 2 aromatic carbocycles. The first kappa shape index (κ1) is 19.5. The third kappa shape index (κ3) is 3.33. The van der Waals surface area contributed by atoms with Crippen LogP contribution in [-0.4, -0.2) is 44.5 Å². The Bertz CT molecular complexity index is 921. The van der Waals surface area contributed by atoms with E-state index >= 15 is 0 Å². The van der Waals surface area contributed by atoms with E-state index in [1.165, 1.54) is 12.0 Å². The fourth-order valence-corrected chi connectivity index (χ4v) is 3.33. The summed E-state index contributed by atoms with van der Waals surface area (Å²) in [6.07, 6.45) is 0.693. The molecule has 3 rings (SSSR count). The number of ether oxygens (including phenoxy) is 2. The zero-order valence-electron chi connectivity index (χ0n) is 16.6. The number of amides is 2. The highest BCUT2D eigenvalue weighted by Crippen LogP contribution is 2.37. The van der Waals surface area contributed by atoms with Gasteiger partial charge in [0.25, 0.3) is 11.8 Å². The second-order valence-corrected chi connectivity index (χ2v) is 6.45. The molecule has 0 radical (unpaired) electrons. The molecular weight excluding hydrogens is 356 g/mol. The Morgan fingerprint density at radius 3 is 2.21 bits per heavy atom. The monoisotopic (exact) mass is 380 g/mol. The Hall–Kier alpha value is -3.28. The largest absolute Gasteiger partial charge is 0.493 e. The lowest BCUT2D eigenvalue weighted by molar-refractivity contribution is -0.136. The summed E-state index contributed by atoms with van der Waals surface area (Å²) >= 11 is 0. The average molecular weight is 380 g/mol. The number of hydrogen-bond acceptors (Lipinski definition) is 5. The van der Waals surface area contributed by atoms with Crippen molar-refractivity contribution in [2.75, 3.05) is 32.7 Å². The Morgan fingerprint density at radius 1 is 0.929 bits per heavy atom. The van der Waals surface area contributed by atoms with Crippen molar-refractivity contribution in [2.45, 2.75) is 13.3 Å². The number of nitrogens with zero attached hydrogens (tertiary/aromatic N) is 2. The first-order valence-corrected chi connectivity index (χ1v) is 9.15. The summed E-state index contributed by atoms with van der Waals surface area (Å²) in [4.78, 5) is 29.4. The maximum Gasteiger partial charge on any atom is 0.278 e. The number of imide groups is 1. The van der Waals surface area contributed by atoms with Gasteiger partial charge in [-0.2, -0.15) is 0 Å². The zero-order chi connectivity index (χ0) is 20.3. The molecule has 28 heavy (non-hydrogen) atoms. The summed E-state index contributed by atoms with van der Waals surface area (Å²) in [5, 5.41) is 0. The van der Waals surface area contributed by atoms with Gasteiger partial charge in [-0.05, 0) is 36.2 Å². The van der Waals surface area contributed by atoms with Crippen LogP contribution in [0.2, 0.25) is 0 Å². The molecule has 0 unspecified atom stereocenters. The molecule has 6 heteroatoms. The molecule has 1 aliphatic heterocycles. The first-order valence-electron chi connectivity index (χ1n) is 9.15. The number of anilines is 1. The normalized spacial score (nSPS) is 13.9. The molecule has 0 atom stereocenters. The molecular formula is C22H24N2O4. The van der Waals surface area contributed by atoms with Gasteiger partial charge in [0.15, 0.2) is 11.5 Å². The fourth-order valence-electron chi connectivity index (χ4n) is 3.33. The van der Waals surface area contributed by atoms with Crippen LogP contribution in [0.15, 0.2) is 54.2 Å². The number of carbonyl (C=O) groups is 2. The van der Waals surface area contributed by atoms with Gasteiger partial charge in [-0.3, -0.25) is 14.5 Å². The Kier molecular flexibility index (Phi) is 5.68. The molecule has 0 saturated carbocycles. The summed E-state index contributed by atoms with van der Waals surface area (Å²) in [6.45, 7) is 2.32. The lowest BCUT2D eigenvalue weighted by atomic mass is 10.0. The predicted octanol–water partition coefficient (Wildman–Crippen LogP) is 3.33. The number of hydrogen-bond donors (Lipinski definition) is 0. The van der Waals surface area contributed by atoms with Crippen LogP contribution in [-0.2, 0) is 9.59 Å². The molecule has 0 aromatic heterocycles. The highest BCUT2D eigenvalue weighted by atomic mass is 16.5. The number of rotatable bonds is 7. The zero-order valence-corrected chi connectivity index (χ0v) is 16.6. The van der Waals surface area contributed by atoms with Crippen LogP contribution in [0.5, 0.6) is 11.5 Å².